The zero-order valence-corrected chi connectivity index (χ0v) is 4.94. The van der Waals surface area contributed by atoms with Gasteiger partial charge in [-0.1, -0.05) is 0 Å². The van der Waals surface area contributed by atoms with Crippen molar-refractivity contribution < 1.29 is 0 Å². The van der Waals surface area contributed by atoms with Crippen molar-refractivity contribution >= 4 is 6.21 Å². The molecule has 0 aromatic carbocycles. The average molecular weight is 97.2 g/mol. The summed E-state index contributed by atoms with van der Waals surface area (Å²) in [6, 6.07) is 0. The first kappa shape index (κ1) is 4.82. The highest BCUT2D eigenvalue weighted by Gasteiger charge is 2.35. The van der Waals surface area contributed by atoms with Crippen LogP contribution in [0.1, 0.15) is 26.7 Å². The van der Waals surface area contributed by atoms with Crippen LogP contribution < -0.4 is 0 Å². The first-order valence-corrected chi connectivity index (χ1v) is 2.77. The van der Waals surface area contributed by atoms with Gasteiger partial charge in [0.1, 0.15) is 0 Å². The highest BCUT2D eigenvalue weighted by molar-refractivity contribution is 5.54. The zero-order chi connectivity index (χ0) is 5.33. The number of aliphatic imine (C=N–C) groups is 1. The van der Waals surface area contributed by atoms with Gasteiger partial charge in [-0.25, -0.2) is 0 Å². The summed E-state index contributed by atoms with van der Waals surface area (Å²) < 4.78 is 0. The Hall–Kier alpha value is -0.330. The molecule has 1 saturated carbocycles. The number of nitrogens with zero attached hydrogens (tertiary/aromatic N) is 1. The molecular formula is C6H11N. The van der Waals surface area contributed by atoms with E-state index in [1.165, 1.54) is 12.8 Å². The lowest BCUT2D eigenvalue weighted by Crippen LogP contribution is -1.93. The van der Waals surface area contributed by atoms with E-state index in [-0.39, 0.29) is 0 Å². The van der Waals surface area contributed by atoms with E-state index < -0.39 is 0 Å². The predicted molar refractivity (Wildman–Crippen MR) is 31.8 cm³/mol. The molecule has 0 unspecified atom stereocenters. The second kappa shape index (κ2) is 1.32. The van der Waals surface area contributed by atoms with Gasteiger partial charge in [0.2, 0.25) is 0 Å². The molecule has 0 spiro atoms. The SMILES string of the molecule is C/C=N/C1(C)CC1. The molecule has 0 amide bonds. The van der Waals surface area contributed by atoms with Crippen LogP contribution in [0, 0.1) is 0 Å². The van der Waals surface area contributed by atoms with Gasteiger partial charge in [-0.05, 0) is 32.9 Å². The summed E-state index contributed by atoms with van der Waals surface area (Å²) in [6.07, 6.45) is 4.47. The third-order valence-electron chi connectivity index (χ3n) is 1.41. The maximum atomic E-state index is 4.24. The van der Waals surface area contributed by atoms with Gasteiger partial charge in [-0.3, -0.25) is 4.99 Å². The molecule has 0 bridgehead atoms. The minimum absolute atomic E-state index is 0.370. The molecule has 1 nitrogen and oxygen atoms in total. The molecule has 0 aromatic rings. The van der Waals surface area contributed by atoms with Crippen molar-refractivity contribution in [1.29, 1.82) is 0 Å². The molecule has 1 rings (SSSR count). The second-order valence-corrected chi connectivity index (χ2v) is 2.38. The van der Waals surface area contributed by atoms with Crippen LogP contribution in [-0.4, -0.2) is 11.8 Å². The van der Waals surface area contributed by atoms with Gasteiger partial charge >= 0.3 is 0 Å². The molecule has 0 N–H and O–H groups in total. The van der Waals surface area contributed by atoms with E-state index in [1.807, 2.05) is 13.1 Å². The van der Waals surface area contributed by atoms with Crippen molar-refractivity contribution in [3.63, 3.8) is 0 Å². The van der Waals surface area contributed by atoms with Crippen molar-refractivity contribution in [3.8, 4) is 0 Å². The Morgan fingerprint density at radius 2 is 2.14 bits per heavy atom. The van der Waals surface area contributed by atoms with Crippen molar-refractivity contribution in [2.45, 2.75) is 32.2 Å². The van der Waals surface area contributed by atoms with Crippen LogP contribution in [0.2, 0.25) is 0 Å². The molecule has 1 aliphatic rings. The molecule has 7 heavy (non-hydrogen) atoms. The van der Waals surface area contributed by atoms with E-state index in [0.717, 1.165) is 0 Å². The van der Waals surface area contributed by atoms with E-state index >= 15 is 0 Å². The van der Waals surface area contributed by atoms with Gasteiger partial charge in [0.25, 0.3) is 0 Å². The van der Waals surface area contributed by atoms with Gasteiger partial charge in [-0.15, -0.1) is 0 Å². The Balaban J connectivity index is 2.40. The van der Waals surface area contributed by atoms with Crippen LogP contribution in [0.3, 0.4) is 0 Å². The Bertz CT molecular complexity index is 90.4. The molecule has 0 atom stereocenters. The molecule has 0 saturated heterocycles. The Labute approximate surface area is 44.5 Å². The summed E-state index contributed by atoms with van der Waals surface area (Å²) in [5.74, 6) is 0. The minimum Gasteiger partial charge on any atom is -0.291 e. The van der Waals surface area contributed by atoms with Crippen molar-refractivity contribution in [2.75, 3.05) is 0 Å². The fraction of sp³-hybridized carbons (Fsp3) is 0.833. The van der Waals surface area contributed by atoms with Gasteiger partial charge in [-0.2, -0.15) is 0 Å². The number of hydrogen-bond donors (Lipinski definition) is 0. The molecular weight excluding hydrogens is 86.1 g/mol. The third-order valence-corrected chi connectivity index (χ3v) is 1.41. The van der Waals surface area contributed by atoms with Crippen molar-refractivity contribution in [3.05, 3.63) is 0 Å². The quantitative estimate of drug-likeness (QED) is 0.441. The first-order chi connectivity index (χ1) is 3.27. The van der Waals surface area contributed by atoms with Crippen molar-refractivity contribution in [1.82, 2.24) is 0 Å². The molecule has 0 aromatic heterocycles. The molecule has 0 heterocycles. The monoisotopic (exact) mass is 97.1 g/mol. The van der Waals surface area contributed by atoms with Gasteiger partial charge < -0.3 is 0 Å². The van der Waals surface area contributed by atoms with Crippen LogP contribution in [0.5, 0.6) is 0 Å². The standard InChI is InChI=1S/C6H11N/c1-3-7-6(2)4-5-6/h3H,4-5H2,1-2H3/b7-3+. The molecule has 0 radical (unpaired) electrons. The maximum Gasteiger partial charge on any atom is 0.0577 e. The van der Waals surface area contributed by atoms with E-state index in [1.54, 1.807) is 0 Å². The van der Waals surface area contributed by atoms with E-state index in [9.17, 15) is 0 Å². The maximum absolute atomic E-state index is 4.24. The number of rotatable bonds is 1. The molecule has 1 aliphatic carbocycles. The van der Waals surface area contributed by atoms with Crippen LogP contribution in [-0.2, 0) is 0 Å². The minimum atomic E-state index is 0.370. The lowest BCUT2D eigenvalue weighted by Gasteiger charge is -1.93. The number of hydrogen-bond acceptors (Lipinski definition) is 1. The molecule has 0 aliphatic heterocycles. The topological polar surface area (TPSA) is 12.4 Å². The average Bonchev–Trinajstić information content (AvgIpc) is 2.22. The second-order valence-electron chi connectivity index (χ2n) is 2.38. The smallest absolute Gasteiger partial charge is 0.0577 e. The third kappa shape index (κ3) is 1.02. The lowest BCUT2D eigenvalue weighted by atomic mass is 10.3. The highest BCUT2D eigenvalue weighted by atomic mass is 14.9. The Morgan fingerprint density at radius 3 is 2.29 bits per heavy atom. The van der Waals surface area contributed by atoms with Crippen LogP contribution in [0.4, 0.5) is 0 Å². The van der Waals surface area contributed by atoms with E-state index in [4.69, 9.17) is 0 Å². The van der Waals surface area contributed by atoms with E-state index in [0.29, 0.717) is 5.54 Å². The molecule has 40 valence electrons. The van der Waals surface area contributed by atoms with Crippen LogP contribution >= 0.6 is 0 Å². The van der Waals surface area contributed by atoms with Gasteiger partial charge in [0, 0.05) is 0 Å². The van der Waals surface area contributed by atoms with Crippen molar-refractivity contribution in [2.24, 2.45) is 4.99 Å². The summed E-state index contributed by atoms with van der Waals surface area (Å²) in [6.45, 7) is 4.16. The van der Waals surface area contributed by atoms with Gasteiger partial charge in [0.05, 0.1) is 5.54 Å². The Kier molecular flexibility index (Phi) is 0.911. The summed E-state index contributed by atoms with van der Waals surface area (Å²) in [4.78, 5) is 4.24. The highest BCUT2D eigenvalue weighted by Crippen LogP contribution is 2.38. The fourth-order valence-corrected chi connectivity index (χ4v) is 0.622. The van der Waals surface area contributed by atoms with E-state index in [2.05, 4.69) is 11.9 Å². The normalized spacial score (nSPS) is 26.0. The van der Waals surface area contributed by atoms with Crippen LogP contribution in [0.15, 0.2) is 4.99 Å². The largest absolute Gasteiger partial charge is 0.291 e. The summed E-state index contributed by atoms with van der Waals surface area (Å²) in [5, 5.41) is 0. The Morgan fingerprint density at radius 1 is 1.57 bits per heavy atom. The summed E-state index contributed by atoms with van der Waals surface area (Å²) in [7, 11) is 0. The lowest BCUT2D eigenvalue weighted by molar-refractivity contribution is 0.769. The molecule has 1 heteroatoms. The van der Waals surface area contributed by atoms with Crippen LogP contribution in [0.25, 0.3) is 0 Å². The summed E-state index contributed by atoms with van der Waals surface area (Å²) >= 11 is 0. The van der Waals surface area contributed by atoms with Gasteiger partial charge in [0.15, 0.2) is 0 Å². The predicted octanol–water partition coefficient (Wildman–Crippen LogP) is 1.63. The first-order valence-electron chi connectivity index (χ1n) is 2.77. The molecule has 1 fully saturated rings. The zero-order valence-electron chi connectivity index (χ0n) is 4.94. The fourth-order valence-electron chi connectivity index (χ4n) is 0.622. The summed E-state index contributed by atoms with van der Waals surface area (Å²) in [5.41, 5.74) is 0.370.